The standard InChI is InChI=1S/C20H26O4/c21-18-14-16(13-12-15-8-4-3-5-9-15)17(20(18)24)10-6-1-2-7-11-19(22)23/h3-5,8-9,12-13,16-18,21H,1-2,6-7,10-11,14H2,(H,22,23)/b13-12+. The van der Waals surface area contributed by atoms with Crippen LogP contribution >= 0.6 is 0 Å². The summed E-state index contributed by atoms with van der Waals surface area (Å²) in [5, 5.41) is 18.5. The zero-order chi connectivity index (χ0) is 17.4. The van der Waals surface area contributed by atoms with Crippen LogP contribution < -0.4 is 0 Å². The van der Waals surface area contributed by atoms with Crippen molar-refractivity contribution in [1.82, 2.24) is 0 Å². The van der Waals surface area contributed by atoms with Crippen LogP contribution in [0, 0.1) is 11.8 Å². The van der Waals surface area contributed by atoms with Gasteiger partial charge >= 0.3 is 5.97 Å². The summed E-state index contributed by atoms with van der Waals surface area (Å²) in [7, 11) is 0. The lowest BCUT2D eigenvalue weighted by molar-refractivity contribution is -0.137. The van der Waals surface area contributed by atoms with Crippen molar-refractivity contribution < 1.29 is 19.8 Å². The highest BCUT2D eigenvalue weighted by Gasteiger charge is 2.39. The van der Waals surface area contributed by atoms with E-state index in [1.54, 1.807) is 0 Å². The summed E-state index contributed by atoms with van der Waals surface area (Å²) in [6, 6.07) is 9.95. The minimum atomic E-state index is -0.840. The second kappa shape index (κ2) is 9.38. The number of aliphatic hydroxyl groups is 1. The van der Waals surface area contributed by atoms with Crippen LogP contribution in [0.15, 0.2) is 36.4 Å². The molecule has 0 saturated heterocycles. The molecule has 0 aliphatic heterocycles. The number of carbonyl (C=O) groups excluding carboxylic acids is 1. The maximum Gasteiger partial charge on any atom is 0.303 e. The van der Waals surface area contributed by atoms with Gasteiger partial charge in [0.05, 0.1) is 0 Å². The Kier molecular flexibility index (Phi) is 7.19. The Morgan fingerprint density at radius 2 is 1.83 bits per heavy atom. The Morgan fingerprint density at radius 3 is 2.54 bits per heavy atom. The summed E-state index contributed by atoms with van der Waals surface area (Å²) in [5.41, 5.74) is 1.10. The Hall–Kier alpha value is -1.94. The molecule has 1 aromatic rings. The lowest BCUT2D eigenvalue weighted by Gasteiger charge is -2.14. The quantitative estimate of drug-likeness (QED) is 0.677. The van der Waals surface area contributed by atoms with Gasteiger partial charge in [-0.3, -0.25) is 9.59 Å². The fraction of sp³-hybridized carbons (Fsp3) is 0.500. The fourth-order valence-corrected chi connectivity index (χ4v) is 3.36. The Bertz CT molecular complexity index is 564. The van der Waals surface area contributed by atoms with Gasteiger partial charge in [0.15, 0.2) is 5.78 Å². The van der Waals surface area contributed by atoms with Crippen molar-refractivity contribution in [3.63, 3.8) is 0 Å². The van der Waals surface area contributed by atoms with Gasteiger partial charge in [0.25, 0.3) is 0 Å². The van der Waals surface area contributed by atoms with Crippen molar-refractivity contribution in [2.45, 2.75) is 51.0 Å². The first-order chi connectivity index (χ1) is 11.6. The highest BCUT2D eigenvalue weighted by atomic mass is 16.4. The van der Waals surface area contributed by atoms with Crippen molar-refractivity contribution in [2.24, 2.45) is 11.8 Å². The lowest BCUT2D eigenvalue weighted by atomic mass is 9.89. The fourth-order valence-electron chi connectivity index (χ4n) is 3.36. The third kappa shape index (κ3) is 5.60. The van der Waals surface area contributed by atoms with Gasteiger partial charge in [0.1, 0.15) is 6.10 Å². The molecule has 1 aliphatic carbocycles. The van der Waals surface area contributed by atoms with Gasteiger partial charge in [-0.1, -0.05) is 61.7 Å². The second-order valence-electron chi connectivity index (χ2n) is 6.54. The first-order valence-corrected chi connectivity index (χ1v) is 8.75. The summed E-state index contributed by atoms with van der Waals surface area (Å²) in [5.74, 6) is -0.815. The number of Topliss-reactive ketones (excluding diaryl/α,β-unsaturated/α-hetero) is 1. The van der Waals surface area contributed by atoms with Crippen molar-refractivity contribution in [3.8, 4) is 0 Å². The van der Waals surface area contributed by atoms with Crippen LogP contribution in [-0.4, -0.2) is 28.1 Å². The van der Waals surface area contributed by atoms with E-state index in [1.807, 2.05) is 36.4 Å². The van der Waals surface area contributed by atoms with E-state index in [0.29, 0.717) is 12.8 Å². The summed E-state index contributed by atoms with van der Waals surface area (Å²) >= 11 is 0. The number of rotatable bonds is 9. The zero-order valence-electron chi connectivity index (χ0n) is 13.9. The van der Waals surface area contributed by atoms with Gasteiger partial charge in [-0.05, 0) is 30.7 Å². The molecule has 4 nitrogen and oxygen atoms in total. The van der Waals surface area contributed by atoms with Crippen LogP contribution in [0.1, 0.15) is 50.5 Å². The van der Waals surface area contributed by atoms with Gasteiger partial charge in [0.2, 0.25) is 0 Å². The molecule has 24 heavy (non-hydrogen) atoms. The van der Waals surface area contributed by atoms with Crippen LogP contribution in [-0.2, 0) is 9.59 Å². The van der Waals surface area contributed by atoms with Crippen LogP contribution in [0.5, 0.6) is 0 Å². The molecule has 4 heteroatoms. The number of hydrogen-bond acceptors (Lipinski definition) is 3. The molecule has 1 aliphatic rings. The summed E-state index contributed by atoms with van der Waals surface area (Å²) < 4.78 is 0. The Balaban J connectivity index is 1.82. The minimum absolute atomic E-state index is 0.0387. The van der Waals surface area contributed by atoms with Crippen molar-refractivity contribution >= 4 is 17.8 Å². The van der Waals surface area contributed by atoms with Crippen molar-refractivity contribution in [1.29, 1.82) is 0 Å². The maximum atomic E-state index is 12.2. The summed E-state index contributed by atoms with van der Waals surface area (Å²) in [4.78, 5) is 22.6. The van der Waals surface area contributed by atoms with E-state index in [9.17, 15) is 14.7 Å². The molecule has 1 aromatic carbocycles. The monoisotopic (exact) mass is 330 g/mol. The molecule has 1 saturated carbocycles. The summed E-state index contributed by atoms with van der Waals surface area (Å²) in [6.07, 6.45) is 8.12. The molecule has 3 atom stereocenters. The number of carboxylic acids is 1. The van der Waals surface area contributed by atoms with Crippen LogP contribution in [0.25, 0.3) is 6.08 Å². The molecule has 0 amide bonds. The Labute approximate surface area is 143 Å². The third-order valence-corrected chi connectivity index (χ3v) is 4.70. The Morgan fingerprint density at radius 1 is 1.12 bits per heavy atom. The number of unbranched alkanes of at least 4 members (excludes halogenated alkanes) is 3. The highest BCUT2D eigenvalue weighted by molar-refractivity contribution is 5.88. The first-order valence-electron chi connectivity index (χ1n) is 8.75. The topological polar surface area (TPSA) is 74.6 Å². The first kappa shape index (κ1) is 18.4. The van der Waals surface area contributed by atoms with Gasteiger partial charge in [0, 0.05) is 12.3 Å². The lowest BCUT2D eigenvalue weighted by Crippen LogP contribution is -2.19. The van der Waals surface area contributed by atoms with Gasteiger partial charge in [-0.2, -0.15) is 0 Å². The van der Waals surface area contributed by atoms with Gasteiger partial charge in [-0.15, -0.1) is 0 Å². The number of carboxylic acid groups (broad SMARTS) is 1. The molecule has 0 heterocycles. The van der Waals surface area contributed by atoms with Gasteiger partial charge in [-0.25, -0.2) is 0 Å². The normalized spacial score (nSPS) is 23.9. The number of allylic oxidation sites excluding steroid dienone is 1. The number of hydrogen-bond donors (Lipinski definition) is 2. The molecular weight excluding hydrogens is 304 g/mol. The molecule has 2 N–H and O–H groups in total. The summed E-state index contributed by atoms with van der Waals surface area (Å²) in [6.45, 7) is 0. The molecule has 3 unspecified atom stereocenters. The molecule has 1 fully saturated rings. The van der Waals surface area contributed by atoms with E-state index in [0.717, 1.165) is 31.2 Å². The average molecular weight is 330 g/mol. The minimum Gasteiger partial charge on any atom is -0.481 e. The van der Waals surface area contributed by atoms with Crippen LogP contribution in [0.3, 0.4) is 0 Å². The third-order valence-electron chi connectivity index (χ3n) is 4.70. The largest absolute Gasteiger partial charge is 0.481 e. The smallest absolute Gasteiger partial charge is 0.303 e. The SMILES string of the molecule is O=C(O)CCCCCCC1C(=O)C(O)CC1/C=C/c1ccccc1. The number of carbonyl (C=O) groups is 2. The van der Waals surface area contributed by atoms with Crippen molar-refractivity contribution in [2.75, 3.05) is 0 Å². The molecule has 0 spiro atoms. The van der Waals surface area contributed by atoms with E-state index in [1.165, 1.54) is 0 Å². The van der Waals surface area contributed by atoms with E-state index < -0.39 is 12.1 Å². The van der Waals surface area contributed by atoms with E-state index in [2.05, 4.69) is 6.08 Å². The molecule has 2 rings (SSSR count). The van der Waals surface area contributed by atoms with E-state index >= 15 is 0 Å². The average Bonchev–Trinajstić information content (AvgIpc) is 2.84. The highest BCUT2D eigenvalue weighted by Crippen LogP contribution is 2.34. The number of benzene rings is 1. The number of aliphatic hydroxyl groups excluding tert-OH is 1. The number of aliphatic carboxylic acids is 1. The van der Waals surface area contributed by atoms with E-state index in [4.69, 9.17) is 5.11 Å². The second-order valence-corrected chi connectivity index (χ2v) is 6.54. The predicted molar refractivity (Wildman–Crippen MR) is 93.4 cm³/mol. The van der Waals surface area contributed by atoms with Crippen molar-refractivity contribution in [3.05, 3.63) is 42.0 Å². The predicted octanol–water partition coefficient (Wildman–Crippen LogP) is 3.69. The van der Waals surface area contributed by atoms with Crippen LogP contribution in [0.2, 0.25) is 0 Å². The van der Waals surface area contributed by atoms with E-state index in [-0.39, 0.29) is 24.0 Å². The molecule has 0 radical (unpaired) electrons. The van der Waals surface area contributed by atoms with Crippen LogP contribution in [0.4, 0.5) is 0 Å². The molecule has 0 bridgehead atoms. The maximum absolute atomic E-state index is 12.2. The number of ketones is 1. The zero-order valence-corrected chi connectivity index (χ0v) is 13.9. The van der Waals surface area contributed by atoms with Gasteiger partial charge < -0.3 is 10.2 Å². The molecule has 130 valence electrons. The molecule has 0 aromatic heterocycles. The molecular formula is C20H26O4.